The van der Waals surface area contributed by atoms with Gasteiger partial charge in [0.2, 0.25) is 0 Å². The molecule has 0 aromatic heterocycles. The Kier molecular flexibility index (Phi) is 8.28. The summed E-state index contributed by atoms with van der Waals surface area (Å²) in [7, 11) is 0. The smallest absolute Gasteiger partial charge is 0.408 e. The molecular weight excluding hydrogens is 292 g/mol. The van der Waals surface area contributed by atoms with Crippen LogP contribution in [0.5, 0.6) is 0 Å². The number of nitrogens with two attached hydrogens (primary N) is 1. The third kappa shape index (κ3) is 13.7. The number of rotatable bonds is 3. The molecule has 0 spiro atoms. The standard InChI is InChI=1S/C9H17F2NO2.C4H9F2N/c1-6(9(5,10)11)12-7(13)14-8(2,3)4;1-3(7)4(2,5)6/h6H,1-5H3,(H,12,13);3H,7H2,1-2H3/t6-;3-/m11/s1. The van der Waals surface area contributed by atoms with Crippen molar-refractivity contribution in [2.75, 3.05) is 0 Å². The normalized spacial score (nSPS) is 15.4. The Balaban J connectivity index is 0. The SMILES string of the molecule is C[C@@H](N)C(C)(F)F.C[C@@H](NC(=O)OC(C)(C)C)C(C)(F)F. The molecule has 0 rings (SSSR count). The van der Waals surface area contributed by atoms with E-state index in [2.05, 4.69) is 5.32 Å². The van der Waals surface area contributed by atoms with Gasteiger partial charge >= 0.3 is 6.09 Å². The van der Waals surface area contributed by atoms with Crippen molar-refractivity contribution in [1.29, 1.82) is 0 Å². The lowest BCUT2D eigenvalue weighted by molar-refractivity contribution is -0.0186. The Hall–Kier alpha value is -1.05. The summed E-state index contributed by atoms with van der Waals surface area (Å²) in [5.74, 6) is -5.67. The minimum absolute atomic E-state index is 0.674. The number of carbonyl (C=O) groups is 1. The summed E-state index contributed by atoms with van der Waals surface area (Å²) in [5, 5.41) is 2.07. The largest absolute Gasteiger partial charge is 0.444 e. The van der Waals surface area contributed by atoms with Gasteiger partial charge in [0, 0.05) is 13.8 Å². The van der Waals surface area contributed by atoms with E-state index in [4.69, 9.17) is 10.5 Å². The van der Waals surface area contributed by atoms with E-state index in [1.54, 1.807) is 20.8 Å². The molecule has 21 heavy (non-hydrogen) atoms. The topological polar surface area (TPSA) is 64.3 Å². The minimum atomic E-state index is -2.95. The van der Waals surface area contributed by atoms with Gasteiger partial charge in [0.25, 0.3) is 11.8 Å². The van der Waals surface area contributed by atoms with Crippen molar-refractivity contribution in [2.45, 2.75) is 78.0 Å². The lowest BCUT2D eigenvalue weighted by atomic mass is 10.2. The van der Waals surface area contributed by atoms with E-state index in [0.717, 1.165) is 13.8 Å². The number of alkyl carbamates (subject to hydrolysis) is 1. The van der Waals surface area contributed by atoms with Gasteiger partial charge < -0.3 is 15.8 Å². The van der Waals surface area contributed by atoms with Crippen molar-refractivity contribution in [3.63, 3.8) is 0 Å². The second-order valence-electron chi connectivity index (χ2n) is 6.07. The highest BCUT2D eigenvalue weighted by Crippen LogP contribution is 2.17. The first-order chi connectivity index (χ1) is 8.97. The van der Waals surface area contributed by atoms with Gasteiger partial charge in [0.1, 0.15) is 5.60 Å². The van der Waals surface area contributed by atoms with Crippen LogP contribution in [0.3, 0.4) is 0 Å². The van der Waals surface area contributed by atoms with Gasteiger partial charge in [-0.2, -0.15) is 0 Å². The lowest BCUT2D eigenvalue weighted by Crippen LogP contribution is -2.45. The Bertz CT molecular complexity index is 318. The van der Waals surface area contributed by atoms with Gasteiger partial charge in [-0.3, -0.25) is 0 Å². The number of hydrogen-bond donors (Lipinski definition) is 2. The number of amides is 1. The highest BCUT2D eigenvalue weighted by atomic mass is 19.3. The van der Waals surface area contributed by atoms with Crippen molar-refractivity contribution >= 4 is 6.09 Å². The Morgan fingerprint density at radius 1 is 1.00 bits per heavy atom. The quantitative estimate of drug-likeness (QED) is 0.782. The van der Waals surface area contributed by atoms with Crippen molar-refractivity contribution in [3.05, 3.63) is 0 Å². The first-order valence-corrected chi connectivity index (χ1v) is 6.47. The first kappa shape index (κ1) is 22.2. The predicted molar refractivity (Wildman–Crippen MR) is 73.7 cm³/mol. The predicted octanol–water partition coefficient (Wildman–Crippen LogP) is 3.54. The molecule has 8 heteroatoms. The van der Waals surface area contributed by atoms with Crippen LogP contribution in [0.15, 0.2) is 0 Å². The van der Waals surface area contributed by atoms with Crippen molar-refractivity contribution in [1.82, 2.24) is 5.32 Å². The number of nitrogens with one attached hydrogen (secondary N) is 1. The van der Waals surface area contributed by atoms with E-state index in [1.165, 1.54) is 13.8 Å². The molecule has 3 N–H and O–H groups in total. The summed E-state index contributed by atoms with van der Waals surface area (Å²) in [6, 6.07) is -2.27. The van der Waals surface area contributed by atoms with Gasteiger partial charge in [-0.15, -0.1) is 0 Å². The van der Waals surface area contributed by atoms with Crippen molar-refractivity contribution in [2.24, 2.45) is 5.73 Å². The molecule has 0 aromatic carbocycles. The van der Waals surface area contributed by atoms with E-state index in [1.807, 2.05) is 0 Å². The molecule has 0 aliphatic heterocycles. The van der Waals surface area contributed by atoms with E-state index >= 15 is 0 Å². The average Bonchev–Trinajstić information content (AvgIpc) is 2.11. The van der Waals surface area contributed by atoms with Crippen LogP contribution in [0.1, 0.15) is 48.5 Å². The van der Waals surface area contributed by atoms with E-state index < -0.39 is 35.6 Å². The molecule has 128 valence electrons. The maximum atomic E-state index is 12.6. The summed E-state index contributed by atoms with van der Waals surface area (Å²) in [6.07, 6.45) is -0.827. The summed E-state index contributed by atoms with van der Waals surface area (Å²) in [4.78, 5) is 11.0. The summed E-state index contributed by atoms with van der Waals surface area (Å²) in [6.45, 7) is 9.06. The number of halogens is 4. The molecule has 0 aliphatic carbocycles. The van der Waals surface area contributed by atoms with Gasteiger partial charge in [0.05, 0.1) is 12.1 Å². The lowest BCUT2D eigenvalue weighted by Gasteiger charge is -2.24. The maximum Gasteiger partial charge on any atom is 0.408 e. The molecule has 0 unspecified atom stereocenters. The van der Waals surface area contributed by atoms with Crippen LogP contribution in [0.25, 0.3) is 0 Å². The van der Waals surface area contributed by atoms with Gasteiger partial charge in [-0.1, -0.05) is 0 Å². The molecule has 1 amide bonds. The fourth-order valence-electron chi connectivity index (χ4n) is 0.611. The monoisotopic (exact) mass is 318 g/mol. The molecule has 0 fully saturated rings. The zero-order valence-electron chi connectivity index (χ0n) is 13.6. The Labute approximate surface area is 123 Å². The maximum absolute atomic E-state index is 12.6. The second-order valence-corrected chi connectivity index (χ2v) is 6.07. The van der Waals surface area contributed by atoms with Crippen LogP contribution in [-0.4, -0.2) is 35.6 Å². The number of ether oxygens (including phenoxy) is 1. The van der Waals surface area contributed by atoms with Crippen molar-refractivity contribution < 1.29 is 27.1 Å². The molecule has 0 aliphatic rings. The molecule has 0 bridgehead atoms. The van der Waals surface area contributed by atoms with Gasteiger partial charge in [0.15, 0.2) is 0 Å². The van der Waals surface area contributed by atoms with Crippen LogP contribution in [0, 0.1) is 0 Å². The highest BCUT2D eigenvalue weighted by Gasteiger charge is 2.32. The fraction of sp³-hybridized carbons (Fsp3) is 0.923. The third-order valence-electron chi connectivity index (χ3n) is 2.29. The fourth-order valence-corrected chi connectivity index (χ4v) is 0.611. The van der Waals surface area contributed by atoms with Crippen LogP contribution >= 0.6 is 0 Å². The van der Waals surface area contributed by atoms with E-state index in [9.17, 15) is 22.4 Å². The van der Waals surface area contributed by atoms with Crippen LogP contribution < -0.4 is 11.1 Å². The molecule has 4 nitrogen and oxygen atoms in total. The first-order valence-electron chi connectivity index (χ1n) is 6.47. The molecule has 0 heterocycles. The molecule has 0 saturated heterocycles. The number of alkyl halides is 4. The summed E-state index contributed by atoms with van der Waals surface area (Å²) >= 11 is 0. The van der Waals surface area contributed by atoms with E-state index in [-0.39, 0.29) is 0 Å². The van der Waals surface area contributed by atoms with Gasteiger partial charge in [-0.25, -0.2) is 22.4 Å². The molecule has 0 aromatic rings. The third-order valence-corrected chi connectivity index (χ3v) is 2.29. The number of carbonyl (C=O) groups excluding carboxylic acids is 1. The van der Waals surface area contributed by atoms with Gasteiger partial charge in [-0.05, 0) is 34.6 Å². The number of hydrogen-bond acceptors (Lipinski definition) is 3. The van der Waals surface area contributed by atoms with Crippen molar-refractivity contribution in [3.8, 4) is 0 Å². The molecule has 2 atom stereocenters. The molecular formula is C13H26F4N2O2. The van der Waals surface area contributed by atoms with E-state index in [0.29, 0.717) is 0 Å². The zero-order valence-corrected chi connectivity index (χ0v) is 13.6. The molecule has 0 radical (unpaired) electrons. The Morgan fingerprint density at radius 2 is 1.33 bits per heavy atom. The second kappa shape index (κ2) is 7.82. The average molecular weight is 318 g/mol. The summed E-state index contributed by atoms with van der Waals surface area (Å²) < 4.78 is 53.5. The highest BCUT2D eigenvalue weighted by molar-refractivity contribution is 5.68. The van der Waals surface area contributed by atoms with Crippen LogP contribution in [0.2, 0.25) is 0 Å². The van der Waals surface area contributed by atoms with Crippen LogP contribution in [0.4, 0.5) is 22.4 Å². The Morgan fingerprint density at radius 3 is 1.52 bits per heavy atom. The minimum Gasteiger partial charge on any atom is -0.444 e. The summed E-state index contributed by atoms with van der Waals surface area (Å²) in [5.41, 5.74) is 4.15. The molecule has 0 saturated carbocycles. The zero-order chi connectivity index (χ0) is 17.6. The van der Waals surface area contributed by atoms with Crippen LogP contribution in [-0.2, 0) is 4.74 Å².